The van der Waals surface area contributed by atoms with Gasteiger partial charge < -0.3 is 0 Å². The van der Waals surface area contributed by atoms with Crippen molar-refractivity contribution in [3.05, 3.63) is 23.5 Å². The number of hydrogen-bond acceptors (Lipinski definition) is 2. The summed E-state index contributed by atoms with van der Waals surface area (Å²) in [6.07, 6.45) is 4.25. The summed E-state index contributed by atoms with van der Waals surface area (Å²) in [6, 6.07) is 2.05. The van der Waals surface area contributed by atoms with Crippen molar-refractivity contribution in [1.29, 1.82) is 0 Å². The minimum atomic E-state index is 0.537. The predicted octanol–water partition coefficient (Wildman–Crippen LogP) is 2.09. The van der Waals surface area contributed by atoms with Crippen molar-refractivity contribution in [2.24, 2.45) is 0 Å². The Labute approximate surface area is 70.6 Å². The minimum Gasteiger partial charge on any atom is -0.159 e. The third-order valence-corrected chi connectivity index (χ3v) is 2.19. The van der Waals surface area contributed by atoms with Crippen molar-refractivity contribution in [2.45, 2.75) is 24.6 Å². The van der Waals surface area contributed by atoms with E-state index in [1.807, 2.05) is 0 Å². The molecule has 0 atom stereocenters. The van der Waals surface area contributed by atoms with E-state index in [4.69, 9.17) is 11.6 Å². The van der Waals surface area contributed by atoms with Crippen molar-refractivity contribution in [3.63, 3.8) is 0 Å². The molecule has 0 bridgehead atoms. The van der Waals surface area contributed by atoms with Gasteiger partial charge in [0, 0.05) is 11.8 Å². The van der Waals surface area contributed by atoms with Crippen LogP contribution in [0.3, 0.4) is 0 Å². The smallest absolute Gasteiger partial charge is 0.0665 e. The van der Waals surface area contributed by atoms with Gasteiger partial charge in [-0.15, -0.1) is 11.6 Å². The van der Waals surface area contributed by atoms with E-state index in [9.17, 15) is 0 Å². The standard InChI is InChI=1S/C8H9ClN2/c9-4-6-3-8(7-1-2-7)11-10-5-6/h3,5,7H,1-2,4H2. The molecule has 0 spiro atoms. The molecule has 1 heterocycles. The first kappa shape index (κ1) is 7.04. The topological polar surface area (TPSA) is 25.8 Å². The zero-order valence-electron chi connectivity index (χ0n) is 6.13. The fraction of sp³-hybridized carbons (Fsp3) is 0.500. The maximum atomic E-state index is 5.66. The Bertz CT molecular complexity index is 258. The Morgan fingerprint density at radius 1 is 1.55 bits per heavy atom. The van der Waals surface area contributed by atoms with Crippen molar-refractivity contribution >= 4 is 11.6 Å². The molecule has 1 aromatic rings. The molecule has 11 heavy (non-hydrogen) atoms. The van der Waals surface area contributed by atoms with E-state index in [0.29, 0.717) is 11.8 Å². The number of halogens is 1. The molecule has 1 saturated carbocycles. The van der Waals surface area contributed by atoms with Gasteiger partial charge in [0.25, 0.3) is 0 Å². The maximum Gasteiger partial charge on any atom is 0.0665 e. The Kier molecular flexibility index (Phi) is 1.78. The quantitative estimate of drug-likeness (QED) is 0.632. The van der Waals surface area contributed by atoms with Crippen LogP contribution >= 0.6 is 11.6 Å². The van der Waals surface area contributed by atoms with Crippen LogP contribution in [0.15, 0.2) is 12.3 Å². The molecule has 0 amide bonds. The van der Waals surface area contributed by atoms with E-state index in [1.165, 1.54) is 12.8 Å². The molecule has 1 aliphatic carbocycles. The summed E-state index contributed by atoms with van der Waals surface area (Å²) >= 11 is 5.66. The van der Waals surface area contributed by atoms with Crippen LogP contribution in [0.4, 0.5) is 0 Å². The molecular weight excluding hydrogens is 160 g/mol. The van der Waals surface area contributed by atoms with Gasteiger partial charge >= 0.3 is 0 Å². The van der Waals surface area contributed by atoms with Gasteiger partial charge in [-0.05, 0) is 24.5 Å². The largest absolute Gasteiger partial charge is 0.159 e. The zero-order chi connectivity index (χ0) is 7.68. The third kappa shape index (κ3) is 1.51. The predicted molar refractivity (Wildman–Crippen MR) is 43.6 cm³/mol. The monoisotopic (exact) mass is 168 g/mol. The fourth-order valence-electron chi connectivity index (χ4n) is 1.08. The van der Waals surface area contributed by atoms with E-state index in [1.54, 1.807) is 6.20 Å². The van der Waals surface area contributed by atoms with E-state index < -0.39 is 0 Å². The molecule has 2 rings (SSSR count). The summed E-state index contributed by atoms with van der Waals surface area (Å²) in [6.45, 7) is 0. The summed E-state index contributed by atoms with van der Waals surface area (Å²) < 4.78 is 0. The highest BCUT2D eigenvalue weighted by atomic mass is 35.5. The van der Waals surface area contributed by atoms with Crippen molar-refractivity contribution in [3.8, 4) is 0 Å². The van der Waals surface area contributed by atoms with E-state index >= 15 is 0 Å². The second-order valence-corrected chi connectivity index (χ2v) is 3.16. The normalized spacial score (nSPS) is 16.8. The van der Waals surface area contributed by atoms with Crippen LogP contribution in [-0.2, 0) is 5.88 Å². The van der Waals surface area contributed by atoms with Crippen LogP contribution in [-0.4, -0.2) is 10.2 Å². The Hall–Kier alpha value is -0.630. The first-order chi connectivity index (χ1) is 5.40. The number of aromatic nitrogens is 2. The van der Waals surface area contributed by atoms with Crippen molar-refractivity contribution < 1.29 is 0 Å². The molecule has 0 aliphatic heterocycles. The van der Waals surface area contributed by atoms with Gasteiger partial charge in [0.15, 0.2) is 0 Å². The second kappa shape index (κ2) is 2.78. The highest BCUT2D eigenvalue weighted by molar-refractivity contribution is 6.17. The van der Waals surface area contributed by atoms with Gasteiger partial charge in [-0.2, -0.15) is 10.2 Å². The van der Waals surface area contributed by atoms with Crippen LogP contribution in [0.25, 0.3) is 0 Å². The first-order valence-corrected chi connectivity index (χ1v) is 4.31. The molecule has 0 unspecified atom stereocenters. The summed E-state index contributed by atoms with van der Waals surface area (Å²) in [5.41, 5.74) is 2.19. The molecule has 1 aromatic heterocycles. The third-order valence-electron chi connectivity index (χ3n) is 1.88. The molecule has 0 saturated heterocycles. The van der Waals surface area contributed by atoms with Gasteiger partial charge in [0.2, 0.25) is 0 Å². The van der Waals surface area contributed by atoms with Crippen LogP contribution in [0, 0.1) is 0 Å². The molecule has 0 radical (unpaired) electrons. The van der Waals surface area contributed by atoms with E-state index in [2.05, 4.69) is 16.3 Å². The summed E-state index contributed by atoms with van der Waals surface area (Å²) in [5.74, 6) is 1.21. The lowest BCUT2D eigenvalue weighted by Crippen LogP contribution is -1.91. The molecular formula is C8H9ClN2. The van der Waals surface area contributed by atoms with Crippen molar-refractivity contribution in [1.82, 2.24) is 10.2 Å². The molecule has 0 aromatic carbocycles. The zero-order valence-corrected chi connectivity index (χ0v) is 6.88. The molecule has 0 N–H and O–H groups in total. The van der Waals surface area contributed by atoms with Crippen molar-refractivity contribution in [2.75, 3.05) is 0 Å². The van der Waals surface area contributed by atoms with Gasteiger partial charge in [-0.3, -0.25) is 0 Å². The highest BCUT2D eigenvalue weighted by Crippen LogP contribution is 2.38. The second-order valence-electron chi connectivity index (χ2n) is 2.90. The van der Waals surface area contributed by atoms with E-state index in [-0.39, 0.29) is 0 Å². The summed E-state index contributed by atoms with van der Waals surface area (Å²) in [4.78, 5) is 0. The van der Waals surface area contributed by atoms with Gasteiger partial charge in [0.05, 0.1) is 11.9 Å². The van der Waals surface area contributed by atoms with Gasteiger partial charge in [0.1, 0.15) is 0 Å². The molecule has 3 heteroatoms. The molecule has 1 fully saturated rings. The summed E-state index contributed by atoms with van der Waals surface area (Å²) in [7, 11) is 0. The number of alkyl halides is 1. The SMILES string of the molecule is ClCc1cnnc(C2CC2)c1. The Balaban J connectivity index is 2.26. The van der Waals surface area contributed by atoms with Gasteiger partial charge in [-0.25, -0.2) is 0 Å². The van der Waals surface area contributed by atoms with Crippen LogP contribution in [0.1, 0.15) is 30.0 Å². The van der Waals surface area contributed by atoms with E-state index in [0.717, 1.165) is 11.3 Å². The van der Waals surface area contributed by atoms with Gasteiger partial charge in [-0.1, -0.05) is 0 Å². The average molecular weight is 169 g/mol. The van der Waals surface area contributed by atoms with Crippen LogP contribution in [0.5, 0.6) is 0 Å². The Morgan fingerprint density at radius 3 is 3.00 bits per heavy atom. The lowest BCUT2D eigenvalue weighted by Gasteiger charge is -1.96. The van der Waals surface area contributed by atoms with Crippen LogP contribution in [0.2, 0.25) is 0 Å². The number of nitrogens with zero attached hydrogens (tertiary/aromatic N) is 2. The fourth-order valence-corrected chi connectivity index (χ4v) is 1.22. The lowest BCUT2D eigenvalue weighted by molar-refractivity contribution is 0.898. The van der Waals surface area contributed by atoms with Crippen LogP contribution < -0.4 is 0 Å². The highest BCUT2D eigenvalue weighted by Gasteiger charge is 2.25. The number of hydrogen-bond donors (Lipinski definition) is 0. The first-order valence-electron chi connectivity index (χ1n) is 3.77. The average Bonchev–Trinajstić information content (AvgIpc) is 2.87. The maximum absolute atomic E-state index is 5.66. The molecule has 1 aliphatic rings. The Morgan fingerprint density at radius 2 is 2.36 bits per heavy atom. The lowest BCUT2D eigenvalue weighted by atomic mass is 10.2. The summed E-state index contributed by atoms with van der Waals surface area (Å²) in [5, 5.41) is 7.92. The molecule has 58 valence electrons. The number of rotatable bonds is 2. The minimum absolute atomic E-state index is 0.537. The molecule has 2 nitrogen and oxygen atoms in total.